The van der Waals surface area contributed by atoms with E-state index < -0.39 is 0 Å². The highest BCUT2D eigenvalue weighted by Gasteiger charge is 2.27. The van der Waals surface area contributed by atoms with Crippen molar-refractivity contribution >= 4 is 47.6 Å². The Hall–Kier alpha value is -0.960. The monoisotopic (exact) mass is 504 g/mol. The molecule has 0 spiro atoms. The first-order valence-corrected chi connectivity index (χ1v) is 10.5. The summed E-state index contributed by atoms with van der Waals surface area (Å²) in [6.45, 7) is 8.49. The molecule has 1 saturated heterocycles. The van der Waals surface area contributed by atoms with Gasteiger partial charge in [0, 0.05) is 50.1 Å². The maximum atomic E-state index is 12.1. The Kier molecular flexibility index (Phi) is 11.1. The molecule has 0 radical (unpaired) electrons. The van der Waals surface area contributed by atoms with E-state index in [2.05, 4.69) is 46.8 Å². The van der Waals surface area contributed by atoms with E-state index in [1.807, 2.05) is 30.5 Å². The minimum absolute atomic E-state index is 0. The number of nitrogens with one attached hydrogen (secondary N) is 2. The van der Waals surface area contributed by atoms with Gasteiger partial charge in [-0.05, 0) is 18.9 Å². The molecule has 1 aromatic carbocycles. The fourth-order valence-electron chi connectivity index (χ4n) is 2.95. The van der Waals surface area contributed by atoms with E-state index >= 15 is 0 Å². The number of hydrogen-bond donors (Lipinski definition) is 2. The fourth-order valence-corrected chi connectivity index (χ4v) is 3.77. The summed E-state index contributed by atoms with van der Waals surface area (Å²) in [5.74, 6) is 3.19. The molecule has 0 aromatic heterocycles. The lowest BCUT2D eigenvalue weighted by Crippen LogP contribution is -2.45. The highest BCUT2D eigenvalue weighted by molar-refractivity contribution is 14.0. The predicted molar refractivity (Wildman–Crippen MR) is 127 cm³/mol. The summed E-state index contributed by atoms with van der Waals surface area (Å²) < 4.78 is 0. The van der Waals surface area contributed by atoms with Crippen LogP contribution in [0.3, 0.4) is 0 Å². The molecule has 1 aromatic rings. The Bertz CT molecular complexity index is 607. The number of carbonyl (C=O) groups excluding carboxylic acids is 1. The van der Waals surface area contributed by atoms with E-state index in [0.717, 1.165) is 43.5 Å². The van der Waals surface area contributed by atoms with Crippen molar-refractivity contribution in [3.8, 4) is 0 Å². The number of aliphatic imine (C=N–C) groups is 1. The van der Waals surface area contributed by atoms with Crippen molar-refractivity contribution in [1.82, 2.24) is 15.5 Å². The van der Waals surface area contributed by atoms with Gasteiger partial charge >= 0.3 is 0 Å². The van der Waals surface area contributed by atoms with Crippen LogP contribution in [-0.4, -0.2) is 55.2 Å². The van der Waals surface area contributed by atoms with Crippen molar-refractivity contribution in [2.75, 3.05) is 32.4 Å². The van der Waals surface area contributed by atoms with Gasteiger partial charge in [0.15, 0.2) is 5.96 Å². The second-order valence-electron chi connectivity index (χ2n) is 7.11. The third kappa shape index (κ3) is 8.29. The number of amides is 1. The third-order valence-corrected chi connectivity index (χ3v) is 5.52. The summed E-state index contributed by atoms with van der Waals surface area (Å²) in [5.41, 5.74) is 2.67. The zero-order valence-electron chi connectivity index (χ0n) is 16.8. The minimum Gasteiger partial charge on any atom is -0.356 e. The van der Waals surface area contributed by atoms with Crippen LogP contribution in [0, 0.1) is 12.8 Å². The minimum atomic E-state index is 0. The van der Waals surface area contributed by atoms with Crippen LogP contribution in [0.15, 0.2) is 29.3 Å². The fraction of sp³-hybridized carbons (Fsp3) is 0.600. The highest BCUT2D eigenvalue weighted by atomic mass is 127. The highest BCUT2D eigenvalue weighted by Crippen LogP contribution is 2.13. The van der Waals surface area contributed by atoms with E-state index in [9.17, 15) is 4.79 Å². The lowest BCUT2D eigenvalue weighted by Gasteiger charge is -2.20. The molecule has 1 amide bonds. The first-order valence-electron chi connectivity index (χ1n) is 9.39. The Balaban J connectivity index is 0.00000364. The van der Waals surface area contributed by atoms with Crippen LogP contribution in [0.5, 0.6) is 0 Å². The Morgan fingerprint density at radius 2 is 2.04 bits per heavy atom. The lowest BCUT2D eigenvalue weighted by molar-refractivity contribution is -0.133. The molecule has 1 fully saturated rings. The number of carbonyl (C=O) groups is 1. The number of guanidine groups is 1. The van der Waals surface area contributed by atoms with Crippen molar-refractivity contribution in [3.63, 3.8) is 0 Å². The van der Waals surface area contributed by atoms with Gasteiger partial charge in [0.1, 0.15) is 0 Å². The first-order chi connectivity index (χ1) is 12.5. The molecule has 0 saturated carbocycles. The number of likely N-dealkylation sites (tertiary alicyclic amines) is 1. The van der Waals surface area contributed by atoms with Gasteiger partial charge in [-0.15, -0.1) is 24.0 Å². The molecule has 7 heteroatoms. The number of aryl methyl sites for hydroxylation is 1. The smallest absolute Gasteiger partial charge is 0.225 e. The summed E-state index contributed by atoms with van der Waals surface area (Å²) in [7, 11) is 1.79. The molecule has 152 valence electrons. The van der Waals surface area contributed by atoms with E-state index in [1.54, 1.807) is 7.05 Å². The van der Waals surface area contributed by atoms with E-state index in [0.29, 0.717) is 0 Å². The number of thioether (sulfide) groups is 1. The molecule has 27 heavy (non-hydrogen) atoms. The Labute approximate surface area is 185 Å². The molecule has 1 atom stereocenters. The maximum absolute atomic E-state index is 12.1. The molecule has 1 aliphatic rings. The number of rotatable bonds is 7. The predicted octanol–water partition coefficient (Wildman–Crippen LogP) is 3.27. The third-order valence-electron chi connectivity index (χ3n) is 4.49. The largest absolute Gasteiger partial charge is 0.356 e. The standard InChI is InChI=1S/C20H32N4OS.HI/c1-15(2)19(25)24-11-9-18(13-24)23-20(21-4)22-10-12-26-14-17-7-5-16(3)6-8-17;/h5-8,15,18H,9-14H2,1-4H3,(H2,21,22,23);1H. The van der Waals surface area contributed by atoms with Gasteiger partial charge in [0.2, 0.25) is 5.91 Å². The lowest BCUT2D eigenvalue weighted by atomic mass is 10.2. The van der Waals surface area contributed by atoms with Crippen LogP contribution in [-0.2, 0) is 10.5 Å². The van der Waals surface area contributed by atoms with E-state index in [1.165, 1.54) is 11.1 Å². The number of benzene rings is 1. The van der Waals surface area contributed by atoms with Crippen molar-refractivity contribution in [2.45, 2.75) is 39.0 Å². The summed E-state index contributed by atoms with van der Waals surface area (Å²) in [5, 5.41) is 6.81. The summed E-state index contributed by atoms with van der Waals surface area (Å²) in [6.07, 6.45) is 0.974. The second kappa shape index (κ2) is 12.5. The summed E-state index contributed by atoms with van der Waals surface area (Å²) in [6, 6.07) is 8.99. The SMILES string of the molecule is CN=C(NCCSCc1ccc(C)cc1)NC1CCN(C(=O)C(C)C)C1.I. The van der Waals surface area contributed by atoms with Gasteiger partial charge in [-0.3, -0.25) is 9.79 Å². The molecular weight excluding hydrogens is 471 g/mol. The van der Waals surface area contributed by atoms with Gasteiger partial charge < -0.3 is 15.5 Å². The molecule has 1 heterocycles. The molecule has 0 bridgehead atoms. The molecular formula is C20H33IN4OS. The van der Waals surface area contributed by atoms with Crippen molar-refractivity contribution in [3.05, 3.63) is 35.4 Å². The molecule has 5 nitrogen and oxygen atoms in total. The van der Waals surface area contributed by atoms with Crippen LogP contribution in [0.25, 0.3) is 0 Å². The van der Waals surface area contributed by atoms with E-state index in [-0.39, 0.29) is 41.8 Å². The van der Waals surface area contributed by atoms with Crippen LogP contribution < -0.4 is 10.6 Å². The number of nitrogens with zero attached hydrogens (tertiary/aromatic N) is 2. The first kappa shape index (κ1) is 24.1. The second-order valence-corrected chi connectivity index (χ2v) is 8.21. The Morgan fingerprint density at radius 3 is 2.67 bits per heavy atom. The quantitative estimate of drug-likeness (QED) is 0.259. The summed E-state index contributed by atoms with van der Waals surface area (Å²) >= 11 is 1.92. The van der Waals surface area contributed by atoms with Crippen LogP contribution in [0.2, 0.25) is 0 Å². The number of hydrogen-bond acceptors (Lipinski definition) is 3. The van der Waals surface area contributed by atoms with Crippen molar-refractivity contribution in [2.24, 2.45) is 10.9 Å². The Morgan fingerprint density at radius 1 is 1.33 bits per heavy atom. The van der Waals surface area contributed by atoms with Gasteiger partial charge in [-0.1, -0.05) is 43.7 Å². The van der Waals surface area contributed by atoms with Crippen molar-refractivity contribution < 1.29 is 4.79 Å². The normalized spacial score (nSPS) is 17.0. The van der Waals surface area contributed by atoms with E-state index in [4.69, 9.17) is 0 Å². The van der Waals surface area contributed by atoms with Crippen molar-refractivity contribution in [1.29, 1.82) is 0 Å². The van der Waals surface area contributed by atoms with Crippen LogP contribution in [0.4, 0.5) is 0 Å². The molecule has 0 aliphatic carbocycles. The molecule has 2 rings (SSSR count). The van der Waals surface area contributed by atoms with Crippen LogP contribution >= 0.6 is 35.7 Å². The zero-order valence-corrected chi connectivity index (χ0v) is 20.0. The average molecular weight is 504 g/mol. The van der Waals surface area contributed by atoms with Gasteiger partial charge in [0.25, 0.3) is 0 Å². The zero-order chi connectivity index (χ0) is 18.9. The van der Waals surface area contributed by atoms with Crippen LogP contribution in [0.1, 0.15) is 31.4 Å². The van der Waals surface area contributed by atoms with Gasteiger partial charge in [-0.2, -0.15) is 11.8 Å². The van der Waals surface area contributed by atoms with Gasteiger partial charge in [0.05, 0.1) is 0 Å². The maximum Gasteiger partial charge on any atom is 0.225 e. The average Bonchev–Trinajstić information content (AvgIpc) is 3.09. The molecule has 1 unspecified atom stereocenters. The molecule has 1 aliphatic heterocycles. The van der Waals surface area contributed by atoms with Gasteiger partial charge in [-0.25, -0.2) is 0 Å². The molecule has 2 N–H and O–H groups in total. The number of halogens is 1. The summed E-state index contributed by atoms with van der Waals surface area (Å²) in [4.78, 5) is 18.3. The topological polar surface area (TPSA) is 56.7 Å².